The van der Waals surface area contributed by atoms with Crippen LogP contribution in [0.15, 0.2) is 24.3 Å². The van der Waals surface area contributed by atoms with Gasteiger partial charge in [0.2, 0.25) is 5.91 Å². The minimum Gasteiger partial charge on any atom is -0.466 e. The van der Waals surface area contributed by atoms with Gasteiger partial charge in [-0.3, -0.25) is 14.4 Å². The van der Waals surface area contributed by atoms with Gasteiger partial charge in [0.15, 0.2) is 0 Å². The Labute approximate surface area is 328 Å². The number of amides is 1. The molecule has 0 radical (unpaired) electrons. The summed E-state index contributed by atoms with van der Waals surface area (Å²) in [5.41, 5.74) is 0. The summed E-state index contributed by atoms with van der Waals surface area (Å²) in [7, 11) is 3.76. The number of likely N-dealkylation sites (N-methyl/N-ethyl adjacent to an activating group) is 1. The van der Waals surface area contributed by atoms with Crippen LogP contribution in [0.2, 0.25) is 0 Å². The largest absolute Gasteiger partial charge is 0.466 e. The highest BCUT2D eigenvalue weighted by molar-refractivity contribution is 5.78. The van der Waals surface area contributed by atoms with E-state index in [1.165, 1.54) is 116 Å². The Bertz CT molecular complexity index is 827. The predicted molar refractivity (Wildman–Crippen MR) is 225 cm³/mol. The molecule has 7 heteroatoms. The summed E-state index contributed by atoms with van der Waals surface area (Å²) in [6.45, 7) is 6.54. The second-order valence-electron chi connectivity index (χ2n) is 15.4. The van der Waals surface area contributed by atoms with Gasteiger partial charge in [0, 0.05) is 25.9 Å². The quantitative estimate of drug-likeness (QED) is 0.0353. The Morgan fingerprint density at radius 3 is 1.09 bits per heavy atom. The van der Waals surface area contributed by atoms with Gasteiger partial charge >= 0.3 is 11.9 Å². The number of unbranched alkanes of at least 4 members (excludes halogenated alkanes) is 22. The van der Waals surface area contributed by atoms with E-state index in [9.17, 15) is 14.4 Å². The van der Waals surface area contributed by atoms with Gasteiger partial charge in [0.25, 0.3) is 0 Å². The fourth-order valence-corrected chi connectivity index (χ4v) is 6.44. The maximum absolute atomic E-state index is 12.8. The van der Waals surface area contributed by atoms with Crippen molar-refractivity contribution >= 4 is 17.8 Å². The lowest BCUT2D eigenvalue weighted by Gasteiger charge is -2.24. The second kappa shape index (κ2) is 41.0. The smallest absolute Gasteiger partial charge is 0.305 e. The van der Waals surface area contributed by atoms with Crippen LogP contribution in [-0.2, 0) is 23.9 Å². The standard InChI is InChI=1S/C46H86N2O5/c1-5-7-9-11-13-15-17-19-21-23-25-27-29-31-33-37-45(50)52-41-35-39-48(44(49)43-47(3)4)40-36-42-53-46(51)38-34-32-30-28-26-24-22-20-18-16-14-12-10-8-6-2/h19-22H,5-18,23-43H2,1-4H3/b21-19-,22-20-. The average Bonchev–Trinajstić information content (AvgIpc) is 3.13. The molecule has 0 saturated heterocycles. The van der Waals surface area contributed by atoms with Gasteiger partial charge in [-0.1, -0.05) is 141 Å². The first-order chi connectivity index (χ1) is 25.9. The average molecular weight is 747 g/mol. The number of carbonyl (C=O) groups is 3. The van der Waals surface area contributed by atoms with Gasteiger partial charge in [-0.2, -0.15) is 0 Å². The molecule has 310 valence electrons. The van der Waals surface area contributed by atoms with E-state index in [1.54, 1.807) is 4.90 Å². The molecular formula is C46H86N2O5. The van der Waals surface area contributed by atoms with Crippen LogP contribution in [-0.4, -0.2) is 74.6 Å². The summed E-state index contributed by atoms with van der Waals surface area (Å²) in [5.74, 6) is -0.256. The van der Waals surface area contributed by atoms with E-state index < -0.39 is 0 Å². The highest BCUT2D eigenvalue weighted by Crippen LogP contribution is 2.12. The number of ether oxygens (including phenoxy) is 2. The van der Waals surface area contributed by atoms with E-state index in [-0.39, 0.29) is 17.8 Å². The molecule has 0 aromatic carbocycles. The van der Waals surface area contributed by atoms with Crippen LogP contribution in [0.25, 0.3) is 0 Å². The van der Waals surface area contributed by atoms with Crippen LogP contribution in [0.4, 0.5) is 0 Å². The molecule has 0 saturated carbocycles. The normalized spacial score (nSPS) is 11.6. The number of hydrogen-bond donors (Lipinski definition) is 0. The summed E-state index contributed by atoms with van der Waals surface area (Å²) in [4.78, 5) is 40.9. The highest BCUT2D eigenvalue weighted by atomic mass is 16.5. The van der Waals surface area contributed by atoms with E-state index in [1.807, 2.05) is 19.0 Å². The molecule has 0 aromatic heterocycles. The lowest BCUT2D eigenvalue weighted by molar-refractivity contribution is -0.144. The molecule has 0 fully saturated rings. The third kappa shape index (κ3) is 39.4. The lowest BCUT2D eigenvalue weighted by Crippen LogP contribution is -2.39. The molecule has 0 aliphatic rings. The zero-order valence-electron chi connectivity index (χ0n) is 35.5. The van der Waals surface area contributed by atoms with Crippen LogP contribution < -0.4 is 0 Å². The van der Waals surface area contributed by atoms with Crippen LogP contribution in [0.3, 0.4) is 0 Å². The summed E-state index contributed by atoms with van der Waals surface area (Å²) in [6.07, 6.45) is 43.6. The van der Waals surface area contributed by atoms with Crippen molar-refractivity contribution < 1.29 is 23.9 Å². The molecule has 0 aliphatic heterocycles. The Kier molecular flexibility index (Phi) is 39.4. The van der Waals surface area contributed by atoms with Crippen molar-refractivity contribution in [2.24, 2.45) is 0 Å². The summed E-state index contributed by atoms with van der Waals surface area (Å²) in [5, 5.41) is 0. The molecular weight excluding hydrogens is 661 g/mol. The predicted octanol–water partition coefficient (Wildman–Crippen LogP) is 12.3. The van der Waals surface area contributed by atoms with Crippen LogP contribution in [0.1, 0.15) is 206 Å². The van der Waals surface area contributed by atoms with Gasteiger partial charge in [0.05, 0.1) is 19.8 Å². The molecule has 0 aliphatic carbocycles. The van der Waals surface area contributed by atoms with Crippen LogP contribution in [0, 0.1) is 0 Å². The van der Waals surface area contributed by atoms with Gasteiger partial charge < -0.3 is 19.3 Å². The van der Waals surface area contributed by atoms with Gasteiger partial charge in [-0.05, 0) is 91.1 Å². The molecule has 7 nitrogen and oxygen atoms in total. The number of esters is 2. The molecule has 0 atom stereocenters. The molecule has 0 heterocycles. The van der Waals surface area contributed by atoms with E-state index >= 15 is 0 Å². The van der Waals surface area contributed by atoms with Crippen molar-refractivity contribution in [3.05, 3.63) is 24.3 Å². The second-order valence-corrected chi connectivity index (χ2v) is 15.4. The zero-order chi connectivity index (χ0) is 38.9. The van der Waals surface area contributed by atoms with E-state index in [0.29, 0.717) is 58.5 Å². The van der Waals surface area contributed by atoms with Crippen molar-refractivity contribution in [1.82, 2.24) is 9.80 Å². The first kappa shape index (κ1) is 50.9. The van der Waals surface area contributed by atoms with E-state index in [0.717, 1.165) is 51.4 Å². The molecule has 0 bridgehead atoms. The number of rotatable bonds is 40. The molecule has 0 spiro atoms. The fraction of sp³-hybridized carbons (Fsp3) is 0.848. The Balaban J connectivity index is 3.88. The third-order valence-electron chi connectivity index (χ3n) is 9.76. The van der Waals surface area contributed by atoms with Crippen LogP contribution in [0.5, 0.6) is 0 Å². The van der Waals surface area contributed by atoms with Crippen molar-refractivity contribution in [2.75, 3.05) is 46.9 Å². The van der Waals surface area contributed by atoms with Gasteiger partial charge in [0.1, 0.15) is 0 Å². The maximum Gasteiger partial charge on any atom is 0.305 e. The van der Waals surface area contributed by atoms with Gasteiger partial charge in [-0.25, -0.2) is 0 Å². The minimum absolute atomic E-state index is 0.0363. The summed E-state index contributed by atoms with van der Waals surface area (Å²) in [6, 6.07) is 0. The molecule has 0 unspecified atom stereocenters. The molecule has 0 aromatic rings. The topological polar surface area (TPSA) is 76.1 Å². The number of nitrogens with zero attached hydrogens (tertiary/aromatic N) is 2. The van der Waals surface area contributed by atoms with Crippen LogP contribution >= 0.6 is 0 Å². The molecule has 0 rings (SSSR count). The van der Waals surface area contributed by atoms with Crippen molar-refractivity contribution in [2.45, 2.75) is 206 Å². The van der Waals surface area contributed by atoms with Gasteiger partial charge in [-0.15, -0.1) is 0 Å². The molecule has 1 amide bonds. The number of hydrogen-bond acceptors (Lipinski definition) is 6. The highest BCUT2D eigenvalue weighted by Gasteiger charge is 2.15. The first-order valence-electron chi connectivity index (χ1n) is 22.4. The number of carbonyl (C=O) groups excluding carboxylic acids is 3. The van der Waals surface area contributed by atoms with Crippen molar-refractivity contribution in [3.8, 4) is 0 Å². The lowest BCUT2D eigenvalue weighted by atomic mass is 10.1. The fourth-order valence-electron chi connectivity index (χ4n) is 6.44. The third-order valence-corrected chi connectivity index (χ3v) is 9.76. The van der Waals surface area contributed by atoms with E-state index in [2.05, 4.69) is 38.2 Å². The Morgan fingerprint density at radius 1 is 0.434 bits per heavy atom. The molecule has 53 heavy (non-hydrogen) atoms. The minimum atomic E-state index is -0.146. The van der Waals surface area contributed by atoms with Crippen molar-refractivity contribution in [3.63, 3.8) is 0 Å². The SMILES string of the molecule is CCCCCCCC/C=C\CCCCCCCC(=O)OCCCN(CCCOC(=O)CCCCCCC/C=C\CCCCCCCC)C(=O)CN(C)C. The summed E-state index contributed by atoms with van der Waals surface area (Å²) < 4.78 is 10.9. The Hall–Kier alpha value is -2.15. The monoisotopic (exact) mass is 747 g/mol. The zero-order valence-corrected chi connectivity index (χ0v) is 35.5. The Morgan fingerprint density at radius 2 is 0.755 bits per heavy atom. The van der Waals surface area contributed by atoms with E-state index in [4.69, 9.17) is 9.47 Å². The first-order valence-corrected chi connectivity index (χ1v) is 22.4. The molecule has 0 N–H and O–H groups in total. The van der Waals surface area contributed by atoms with Crippen molar-refractivity contribution in [1.29, 1.82) is 0 Å². The maximum atomic E-state index is 12.8. The summed E-state index contributed by atoms with van der Waals surface area (Å²) >= 11 is 0. The number of allylic oxidation sites excluding steroid dienone is 4.